The molecule has 0 fully saturated rings. The van der Waals surface area contributed by atoms with Crippen molar-refractivity contribution in [2.24, 2.45) is 0 Å². The van der Waals surface area contributed by atoms with Crippen LogP contribution in [-0.2, 0) is 22.6 Å². The summed E-state index contributed by atoms with van der Waals surface area (Å²) >= 11 is 0. The van der Waals surface area contributed by atoms with Gasteiger partial charge in [-0.15, -0.1) is 5.10 Å². The van der Waals surface area contributed by atoms with E-state index in [1.165, 1.54) is 9.58 Å². The van der Waals surface area contributed by atoms with E-state index in [0.29, 0.717) is 40.4 Å². The summed E-state index contributed by atoms with van der Waals surface area (Å²) in [4.78, 5) is 40.8. The summed E-state index contributed by atoms with van der Waals surface area (Å²) in [5.41, 5.74) is 4.34. The molecule has 0 saturated heterocycles. The second kappa shape index (κ2) is 14.5. The SMILES string of the molecule is COc1ccc(N(C)C(=O)C(Cc2ccccc2)NC(=O)Cn2cc(-c3ccc(NC(=O)c4ccc(C#N)cc4)cc3)nn2)cc1. The van der Waals surface area contributed by atoms with E-state index >= 15 is 0 Å². The maximum absolute atomic E-state index is 13.6. The summed E-state index contributed by atoms with van der Waals surface area (Å²) in [6.07, 6.45) is 1.95. The summed E-state index contributed by atoms with van der Waals surface area (Å²) in [7, 11) is 3.24. The highest BCUT2D eigenvalue weighted by molar-refractivity contribution is 6.04. The lowest BCUT2D eigenvalue weighted by Crippen LogP contribution is -2.49. The Labute approximate surface area is 266 Å². The molecule has 0 saturated carbocycles. The molecule has 1 aromatic heterocycles. The monoisotopic (exact) mass is 613 g/mol. The molecule has 230 valence electrons. The number of aromatic nitrogens is 3. The number of benzene rings is 4. The number of rotatable bonds is 11. The number of likely N-dealkylation sites (N-methyl/N-ethyl adjacent to an activating group) is 1. The summed E-state index contributed by atoms with van der Waals surface area (Å²) in [5, 5.41) is 22.9. The Balaban J connectivity index is 1.22. The highest BCUT2D eigenvalue weighted by Crippen LogP contribution is 2.21. The van der Waals surface area contributed by atoms with Gasteiger partial charge in [-0.1, -0.05) is 47.7 Å². The van der Waals surface area contributed by atoms with Crippen LogP contribution < -0.4 is 20.3 Å². The molecule has 0 aliphatic carbocycles. The number of amides is 3. The second-order valence-electron chi connectivity index (χ2n) is 10.4. The smallest absolute Gasteiger partial charge is 0.255 e. The van der Waals surface area contributed by atoms with E-state index in [2.05, 4.69) is 20.9 Å². The summed E-state index contributed by atoms with van der Waals surface area (Å²) < 4.78 is 6.62. The Morgan fingerprint density at radius 2 is 1.63 bits per heavy atom. The van der Waals surface area contributed by atoms with Crippen molar-refractivity contribution < 1.29 is 19.1 Å². The van der Waals surface area contributed by atoms with Crippen molar-refractivity contribution in [1.29, 1.82) is 5.26 Å². The van der Waals surface area contributed by atoms with Gasteiger partial charge in [-0.2, -0.15) is 5.26 Å². The topological polar surface area (TPSA) is 142 Å². The number of carbonyl (C=O) groups is 3. The number of carbonyl (C=O) groups excluding carboxylic acids is 3. The number of ether oxygens (including phenoxy) is 1. The standard InChI is InChI=1S/C35H31N7O4/c1-41(29-16-18-30(46-2)19-17-29)35(45)31(20-24-6-4-3-5-7-24)38-33(43)23-42-22-32(39-40-42)26-12-14-28(15-13-26)37-34(44)27-10-8-25(21-36)9-11-27/h3-19,22,31H,20,23H2,1-2H3,(H,37,44)(H,38,43). The Morgan fingerprint density at radius 1 is 0.935 bits per heavy atom. The number of anilines is 2. The molecule has 0 aliphatic heterocycles. The molecule has 0 bridgehead atoms. The summed E-state index contributed by atoms with van der Waals surface area (Å²) in [6, 6.07) is 31.2. The molecule has 1 unspecified atom stereocenters. The molecule has 0 radical (unpaired) electrons. The van der Waals surface area contributed by atoms with Gasteiger partial charge in [0.2, 0.25) is 11.8 Å². The number of nitrogens with zero attached hydrogens (tertiary/aromatic N) is 5. The number of nitrogens with one attached hydrogen (secondary N) is 2. The third kappa shape index (κ3) is 7.81. The van der Waals surface area contributed by atoms with Crippen molar-refractivity contribution in [3.8, 4) is 23.1 Å². The normalized spacial score (nSPS) is 11.2. The van der Waals surface area contributed by atoms with Crippen LogP contribution in [0.1, 0.15) is 21.5 Å². The zero-order valence-electron chi connectivity index (χ0n) is 25.3. The first-order valence-corrected chi connectivity index (χ1v) is 14.4. The van der Waals surface area contributed by atoms with Crippen LogP contribution in [0.2, 0.25) is 0 Å². The van der Waals surface area contributed by atoms with E-state index in [9.17, 15) is 14.4 Å². The van der Waals surface area contributed by atoms with Crippen LogP contribution in [0.3, 0.4) is 0 Å². The summed E-state index contributed by atoms with van der Waals surface area (Å²) in [5.74, 6) is -0.287. The van der Waals surface area contributed by atoms with Crippen molar-refractivity contribution in [1.82, 2.24) is 20.3 Å². The van der Waals surface area contributed by atoms with Crippen LogP contribution >= 0.6 is 0 Å². The molecule has 5 rings (SSSR count). The van der Waals surface area contributed by atoms with E-state index in [1.54, 1.807) is 93.2 Å². The molecule has 1 heterocycles. The maximum Gasteiger partial charge on any atom is 0.255 e. The van der Waals surface area contributed by atoms with E-state index in [-0.39, 0.29) is 18.4 Å². The van der Waals surface area contributed by atoms with Crippen molar-refractivity contribution >= 4 is 29.1 Å². The lowest BCUT2D eigenvalue weighted by atomic mass is 10.0. The number of nitriles is 1. The molecular formula is C35H31N7O4. The van der Waals surface area contributed by atoms with E-state index in [1.807, 2.05) is 36.4 Å². The van der Waals surface area contributed by atoms with Crippen LogP contribution in [-0.4, -0.2) is 52.9 Å². The van der Waals surface area contributed by atoms with Crippen LogP contribution in [0, 0.1) is 11.3 Å². The van der Waals surface area contributed by atoms with Gasteiger partial charge in [0.25, 0.3) is 5.91 Å². The van der Waals surface area contributed by atoms with Gasteiger partial charge in [-0.25, -0.2) is 4.68 Å². The lowest BCUT2D eigenvalue weighted by Gasteiger charge is -2.25. The van der Waals surface area contributed by atoms with Crippen LogP contribution in [0.4, 0.5) is 11.4 Å². The molecular weight excluding hydrogens is 582 g/mol. The Kier molecular flexibility index (Phi) is 9.79. The quantitative estimate of drug-likeness (QED) is 0.224. The summed E-state index contributed by atoms with van der Waals surface area (Å²) in [6.45, 7) is -0.142. The van der Waals surface area contributed by atoms with Crippen molar-refractivity contribution in [3.63, 3.8) is 0 Å². The minimum atomic E-state index is -0.822. The number of hydrogen-bond donors (Lipinski definition) is 2. The van der Waals surface area contributed by atoms with Gasteiger partial charge < -0.3 is 20.3 Å². The predicted molar refractivity (Wildman–Crippen MR) is 173 cm³/mol. The fourth-order valence-corrected chi connectivity index (χ4v) is 4.74. The van der Waals surface area contributed by atoms with E-state index in [4.69, 9.17) is 10.00 Å². The van der Waals surface area contributed by atoms with Crippen LogP contribution in [0.5, 0.6) is 5.75 Å². The Hall–Kier alpha value is -6.28. The molecule has 2 N–H and O–H groups in total. The molecule has 4 aromatic carbocycles. The maximum atomic E-state index is 13.6. The molecule has 0 spiro atoms. The Bertz CT molecular complexity index is 1850. The fraction of sp³-hybridized carbons (Fsp3) is 0.143. The van der Waals surface area contributed by atoms with Gasteiger partial charge in [0.15, 0.2) is 0 Å². The molecule has 11 heteroatoms. The van der Waals surface area contributed by atoms with Gasteiger partial charge in [-0.3, -0.25) is 14.4 Å². The highest BCUT2D eigenvalue weighted by Gasteiger charge is 2.26. The van der Waals surface area contributed by atoms with Crippen molar-refractivity contribution in [3.05, 3.63) is 126 Å². The van der Waals surface area contributed by atoms with Crippen LogP contribution in [0.25, 0.3) is 11.3 Å². The molecule has 5 aromatic rings. The molecule has 3 amide bonds. The average Bonchev–Trinajstić information content (AvgIpc) is 3.56. The zero-order valence-corrected chi connectivity index (χ0v) is 25.3. The largest absolute Gasteiger partial charge is 0.497 e. The van der Waals surface area contributed by atoms with Gasteiger partial charge in [0.05, 0.1) is 24.9 Å². The van der Waals surface area contributed by atoms with Crippen LogP contribution in [0.15, 0.2) is 109 Å². The van der Waals surface area contributed by atoms with Gasteiger partial charge >= 0.3 is 0 Å². The number of hydrogen-bond acceptors (Lipinski definition) is 7. The zero-order chi connectivity index (χ0) is 32.5. The Morgan fingerprint density at radius 3 is 2.28 bits per heavy atom. The average molecular weight is 614 g/mol. The molecule has 11 nitrogen and oxygen atoms in total. The second-order valence-corrected chi connectivity index (χ2v) is 10.4. The lowest BCUT2D eigenvalue weighted by molar-refractivity contribution is -0.127. The first-order valence-electron chi connectivity index (χ1n) is 14.4. The van der Waals surface area contributed by atoms with E-state index in [0.717, 1.165) is 11.1 Å². The highest BCUT2D eigenvalue weighted by atomic mass is 16.5. The van der Waals surface area contributed by atoms with E-state index < -0.39 is 11.9 Å². The van der Waals surface area contributed by atoms with Gasteiger partial charge in [0, 0.05) is 36.0 Å². The van der Waals surface area contributed by atoms with Gasteiger partial charge in [-0.05, 0) is 66.2 Å². The molecule has 1 atom stereocenters. The third-order valence-corrected chi connectivity index (χ3v) is 7.27. The minimum absolute atomic E-state index is 0.142. The number of methoxy groups -OCH3 is 1. The molecule has 46 heavy (non-hydrogen) atoms. The first-order chi connectivity index (χ1) is 22.3. The molecule has 0 aliphatic rings. The first kappa shape index (κ1) is 31.2. The van der Waals surface area contributed by atoms with Crippen molar-refractivity contribution in [2.75, 3.05) is 24.4 Å². The third-order valence-electron chi connectivity index (χ3n) is 7.27. The predicted octanol–water partition coefficient (Wildman–Crippen LogP) is 4.47. The fourth-order valence-electron chi connectivity index (χ4n) is 4.74. The van der Waals surface area contributed by atoms with Crippen molar-refractivity contribution in [2.45, 2.75) is 19.0 Å². The van der Waals surface area contributed by atoms with Gasteiger partial charge in [0.1, 0.15) is 24.0 Å². The minimum Gasteiger partial charge on any atom is -0.497 e.